The molecule has 0 saturated heterocycles. The standard InChI is InChI=1S/C49H89NO5/c1-4-7-10-13-16-19-21-23-24-25-26-28-30-33-36-39-42-49(54)55-45(40-37-34-31-18-15-12-9-6-3)43-48(53)50-46(44-51)47(52)41-38-35-32-29-27-22-20-17-14-11-8-5-2/h7,10,16,19,23-24,26,28,45-47,51-52H,4-6,8-9,11-15,17-18,20-22,25,27,29-44H2,1-3H3,(H,50,53)/b10-7+,19-16+,24-23+,28-26+. The van der Waals surface area contributed by atoms with Gasteiger partial charge in [0.15, 0.2) is 0 Å². The van der Waals surface area contributed by atoms with Crippen LogP contribution in [0.3, 0.4) is 0 Å². The molecule has 6 nitrogen and oxygen atoms in total. The molecule has 0 radical (unpaired) electrons. The number of esters is 1. The fraction of sp³-hybridized carbons (Fsp3) is 0.796. The maximum Gasteiger partial charge on any atom is 0.306 e. The first-order valence-electron chi connectivity index (χ1n) is 23.4. The van der Waals surface area contributed by atoms with E-state index in [1.165, 1.54) is 89.9 Å². The van der Waals surface area contributed by atoms with Crippen LogP contribution in [0.2, 0.25) is 0 Å². The van der Waals surface area contributed by atoms with Crippen molar-refractivity contribution in [3.05, 3.63) is 48.6 Å². The Bertz CT molecular complexity index is 957. The third-order valence-corrected chi connectivity index (χ3v) is 10.4. The Labute approximate surface area is 340 Å². The number of amides is 1. The molecule has 1 amide bonds. The van der Waals surface area contributed by atoms with Crippen LogP contribution in [0.25, 0.3) is 0 Å². The molecule has 0 aromatic carbocycles. The van der Waals surface area contributed by atoms with Gasteiger partial charge in [-0.1, -0.05) is 198 Å². The van der Waals surface area contributed by atoms with Gasteiger partial charge in [-0.2, -0.15) is 0 Å². The zero-order valence-electron chi connectivity index (χ0n) is 36.3. The molecule has 0 heterocycles. The second-order valence-electron chi connectivity index (χ2n) is 15.8. The van der Waals surface area contributed by atoms with E-state index in [1.807, 2.05) is 0 Å². The van der Waals surface area contributed by atoms with Gasteiger partial charge >= 0.3 is 5.97 Å². The number of hydrogen-bond donors (Lipinski definition) is 3. The Balaban J connectivity index is 4.52. The summed E-state index contributed by atoms with van der Waals surface area (Å²) < 4.78 is 5.88. The van der Waals surface area contributed by atoms with Crippen LogP contribution < -0.4 is 5.32 Å². The minimum atomic E-state index is -0.789. The number of aliphatic hydroxyl groups is 2. The van der Waals surface area contributed by atoms with E-state index >= 15 is 0 Å². The van der Waals surface area contributed by atoms with Crippen LogP contribution in [0, 0.1) is 0 Å². The first kappa shape index (κ1) is 52.8. The maximum absolute atomic E-state index is 13.1. The normalized spacial score (nSPS) is 13.8. The summed E-state index contributed by atoms with van der Waals surface area (Å²) in [5, 5.41) is 23.6. The molecule has 3 N–H and O–H groups in total. The zero-order valence-corrected chi connectivity index (χ0v) is 36.3. The van der Waals surface area contributed by atoms with Crippen molar-refractivity contribution < 1.29 is 24.5 Å². The van der Waals surface area contributed by atoms with Gasteiger partial charge < -0.3 is 20.3 Å². The number of carbonyl (C=O) groups is 2. The van der Waals surface area contributed by atoms with E-state index in [2.05, 4.69) is 74.7 Å². The summed E-state index contributed by atoms with van der Waals surface area (Å²) >= 11 is 0. The maximum atomic E-state index is 13.1. The second-order valence-corrected chi connectivity index (χ2v) is 15.8. The van der Waals surface area contributed by atoms with Crippen LogP contribution in [-0.4, -0.2) is 46.9 Å². The van der Waals surface area contributed by atoms with Crippen molar-refractivity contribution in [2.45, 2.75) is 244 Å². The molecule has 0 rings (SSSR count). The molecule has 3 atom stereocenters. The highest BCUT2D eigenvalue weighted by molar-refractivity contribution is 5.77. The fourth-order valence-electron chi connectivity index (χ4n) is 6.89. The van der Waals surface area contributed by atoms with Crippen molar-refractivity contribution >= 4 is 11.9 Å². The topological polar surface area (TPSA) is 95.9 Å². The summed E-state index contributed by atoms with van der Waals surface area (Å²) in [4.78, 5) is 25.9. The average molecular weight is 772 g/mol. The first-order chi connectivity index (χ1) is 27.0. The SMILES string of the molecule is CC/C=C/C/C=C/C/C=C/C/C=C/CCCCCC(=O)OC(CCCCCCCCCC)CC(=O)NC(CO)C(O)CCCCCCCCCCCCCC. The Kier molecular flexibility index (Phi) is 41.2. The molecule has 0 saturated carbocycles. The molecule has 0 bridgehead atoms. The van der Waals surface area contributed by atoms with Crippen molar-refractivity contribution in [1.29, 1.82) is 0 Å². The zero-order chi connectivity index (χ0) is 40.3. The number of rotatable bonds is 41. The molecule has 0 fully saturated rings. The summed E-state index contributed by atoms with van der Waals surface area (Å²) in [5.41, 5.74) is 0. The van der Waals surface area contributed by atoms with E-state index in [9.17, 15) is 19.8 Å². The first-order valence-corrected chi connectivity index (χ1v) is 23.4. The van der Waals surface area contributed by atoms with Crippen LogP contribution in [0.4, 0.5) is 0 Å². The van der Waals surface area contributed by atoms with Crippen LogP contribution >= 0.6 is 0 Å². The average Bonchev–Trinajstić information content (AvgIpc) is 3.18. The van der Waals surface area contributed by atoms with E-state index < -0.39 is 18.2 Å². The van der Waals surface area contributed by atoms with Crippen molar-refractivity contribution in [1.82, 2.24) is 5.32 Å². The van der Waals surface area contributed by atoms with Crippen molar-refractivity contribution in [2.75, 3.05) is 6.61 Å². The molecule has 6 heteroatoms. The quantitative estimate of drug-likeness (QED) is 0.0327. The van der Waals surface area contributed by atoms with Gasteiger partial charge in [0, 0.05) is 6.42 Å². The molecule has 0 aliphatic rings. The third kappa shape index (κ3) is 38.5. The lowest BCUT2D eigenvalue weighted by Gasteiger charge is -2.24. The molecule has 320 valence electrons. The lowest BCUT2D eigenvalue weighted by Crippen LogP contribution is -2.46. The van der Waals surface area contributed by atoms with E-state index in [0.717, 1.165) is 89.9 Å². The second kappa shape index (κ2) is 43.0. The Morgan fingerprint density at radius 3 is 1.47 bits per heavy atom. The number of allylic oxidation sites excluding steroid dienone is 8. The monoisotopic (exact) mass is 772 g/mol. The summed E-state index contributed by atoms with van der Waals surface area (Å²) in [5.74, 6) is -0.512. The van der Waals surface area contributed by atoms with Crippen LogP contribution in [0.5, 0.6) is 0 Å². The summed E-state index contributed by atoms with van der Waals surface area (Å²) in [7, 11) is 0. The number of aliphatic hydroxyl groups excluding tert-OH is 2. The van der Waals surface area contributed by atoms with E-state index in [4.69, 9.17) is 4.74 Å². The molecule has 0 spiro atoms. The van der Waals surface area contributed by atoms with Crippen molar-refractivity contribution in [2.24, 2.45) is 0 Å². The predicted octanol–water partition coefficient (Wildman–Crippen LogP) is 13.5. The highest BCUT2D eigenvalue weighted by atomic mass is 16.5. The van der Waals surface area contributed by atoms with Gasteiger partial charge in [-0.25, -0.2) is 0 Å². The highest BCUT2D eigenvalue weighted by Gasteiger charge is 2.24. The lowest BCUT2D eigenvalue weighted by atomic mass is 10.0. The number of ether oxygens (including phenoxy) is 1. The third-order valence-electron chi connectivity index (χ3n) is 10.4. The van der Waals surface area contributed by atoms with Gasteiger partial charge in [0.25, 0.3) is 0 Å². The van der Waals surface area contributed by atoms with Gasteiger partial charge in [-0.3, -0.25) is 9.59 Å². The van der Waals surface area contributed by atoms with Gasteiger partial charge in [0.1, 0.15) is 6.10 Å². The van der Waals surface area contributed by atoms with E-state index in [0.29, 0.717) is 19.3 Å². The van der Waals surface area contributed by atoms with Crippen LogP contribution in [0.15, 0.2) is 48.6 Å². The summed E-state index contributed by atoms with van der Waals surface area (Å²) in [6.45, 7) is 6.33. The minimum absolute atomic E-state index is 0.0654. The van der Waals surface area contributed by atoms with Gasteiger partial charge in [0.2, 0.25) is 5.91 Å². The molecule has 0 aromatic rings. The molecular formula is C49H89NO5. The van der Waals surface area contributed by atoms with Crippen LogP contribution in [0.1, 0.15) is 226 Å². The Morgan fingerprint density at radius 2 is 0.982 bits per heavy atom. The number of unbranched alkanes of at least 4 members (excludes halogenated alkanes) is 21. The molecule has 0 aromatic heterocycles. The van der Waals surface area contributed by atoms with Gasteiger partial charge in [-0.05, 0) is 64.2 Å². The van der Waals surface area contributed by atoms with Crippen molar-refractivity contribution in [3.8, 4) is 0 Å². The van der Waals surface area contributed by atoms with Crippen molar-refractivity contribution in [3.63, 3.8) is 0 Å². The van der Waals surface area contributed by atoms with E-state index in [-0.39, 0.29) is 24.9 Å². The van der Waals surface area contributed by atoms with Crippen LogP contribution in [-0.2, 0) is 14.3 Å². The molecule has 0 aliphatic carbocycles. The highest BCUT2D eigenvalue weighted by Crippen LogP contribution is 2.17. The largest absolute Gasteiger partial charge is 0.462 e. The smallest absolute Gasteiger partial charge is 0.306 e. The Morgan fingerprint density at radius 1 is 0.545 bits per heavy atom. The number of hydrogen-bond acceptors (Lipinski definition) is 5. The molecule has 0 aliphatic heterocycles. The Hall–Kier alpha value is -2.18. The molecule has 3 unspecified atom stereocenters. The summed E-state index contributed by atoms with van der Waals surface area (Å²) in [6, 6.07) is -0.704. The van der Waals surface area contributed by atoms with Gasteiger partial charge in [-0.15, -0.1) is 0 Å². The van der Waals surface area contributed by atoms with Gasteiger partial charge in [0.05, 0.1) is 25.2 Å². The predicted molar refractivity (Wildman–Crippen MR) is 236 cm³/mol. The summed E-state index contributed by atoms with van der Waals surface area (Å²) in [6.07, 6.45) is 50.3. The number of nitrogens with one attached hydrogen (secondary N) is 1. The molecule has 55 heavy (non-hydrogen) atoms. The lowest BCUT2D eigenvalue weighted by molar-refractivity contribution is -0.151. The number of carbonyl (C=O) groups excluding carboxylic acids is 2. The molecular weight excluding hydrogens is 683 g/mol. The van der Waals surface area contributed by atoms with E-state index in [1.54, 1.807) is 0 Å². The minimum Gasteiger partial charge on any atom is -0.462 e. The fourth-order valence-corrected chi connectivity index (χ4v) is 6.89.